The molecule has 3 rings (SSSR count). The molecule has 0 aliphatic carbocycles. The number of ether oxygens (including phenoxy) is 2. The molecule has 33 heavy (non-hydrogen) atoms. The van der Waals surface area contributed by atoms with Crippen molar-refractivity contribution < 1.29 is 23.9 Å². The Morgan fingerprint density at radius 2 is 1.73 bits per heavy atom. The first kappa shape index (κ1) is 23.7. The molecule has 3 aromatic rings. The molecule has 0 aliphatic heterocycles. The number of hydrogen-bond donors (Lipinski definition) is 0. The lowest BCUT2D eigenvalue weighted by Gasteiger charge is -2.22. The highest BCUT2D eigenvalue weighted by Gasteiger charge is 2.22. The van der Waals surface area contributed by atoms with Crippen LogP contribution in [0.4, 0.5) is 5.69 Å². The molecule has 7 nitrogen and oxygen atoms in total. The maximum atomic E-state index is 12.8. The zero-order valence-corrected chi connectivity index (χ0v) is 18.8. The lowest BCUT2D eigenvalue weighted by Crippen LogP contribution is -2.35. The Morgan fingerprint density at radius 3 is 2.36 bits per heavy atom. The Kier molecular flexibility index (Phi) is 8.33. The summed E-state index contributed by atoms with van der Waals surface area (Å²) in [6, 6.07) is 18.7. The summed E-state index contributed by atoms with van der Waals surface area (Å²) < 4.78 is 10.7. The molecule has 0 N–H and O–H groups in total. The van der Waals surface area contributed by atoms with Gasteiger partial charge in [-0.05, 0) is 48.7 Å². The van der Waals surface area contributed by atoms with Gasteiger partial charge in [-0.3, -0.25) is 9.59 Å². The van der Waals surface area contributed by atoms with Crippen LogP contribution in [0.5, 0.6) is 5.75 Å². The number of nitriles is 1. The summed E-state index contributed by atoms with van der Waals surface area (Å²) in [5, 5.41) is 10.7. The Morgan fingerprint density at radius 1 is 1.00 bits per heavy atom. The minimum atomic E-state index is -0.768. The summed E-state index contributed by atoms with van der Waals surface area (Å²) in [6.45, 7) is 2.01. The van der Waals surface area contributed by atoms with Crippen molar-refractivity contribution >= 4 is 34.7 Å². The highest BCUT2D eigenvalue weighted by molar-refractivity contribution is 7.12. The average Bonchev–Trinajstić information content (AvgIpc) is 3.38. The van der Waals surface area contributed by atoms with E-state index < -0.39 is 18.5 Å². The second-order valence-corrected chi connectivity index (χ2v) is 7.76. The quantitative estimate of drug-likeness (QED) is 0.326. The number of thiophene rings is 1. The highest BCUT2D eigenvalue weighted by Crippen LogP contribution is 2.21. The van der Waals surface area contributed by atoms with Gasteiger partial charge in [-0.25, -0.2) is 4.79 Å². The summed E-state index contributed by atoms with van der Waals surface area (Å²) in [7, 11) is 0. The zero-order valence-electron chi connectivity index (χ0n) is 18.0. The average molecular weight is 463 g/mol. The summed E-state index contributed by atoms with van der Waals surface area (Å²) in [5.74, 6) is -0.873. The molecular formula is C25H22N2O5S. The van der Waals surface area contributed by atoms with Crippen LogP contribution in [-0.4, -0.2) is 37.4 Å². The Balaban J connectivity index is 1.72. The van der Waals surface area contributed by atoms with E-state index in [0.29, 0.717) is 22.9 Å². The van der Waals surface area contributed by atoms with E-state index in [1.807, 2.05) is 13.0 Å². The van der Waals surface area contributed by atoms with Crippen molar-refractivity contribution in [2.24, 2.45) is 0 Å². The van der Waals surface area contributed by atoms with Gasteiger partial charge in [-0.2, -0.15) is 5.26 Å². The summed E-state index contributed by atoms with van der Waals surface area (Å²) in [5.41, 5.74) is 0.863. The van der Waals surface area contributed by atoms with Crippen LogP contribution < -0.4 is 9.64 Å². The standard InChI is InChI=1S/C25H22N2O5S/c1-2-31-19-12-10-18(11-13-19)27(15-6-14-26)23(28)17-32-25(30)21-8-4-3-7-20(21)24(29)22-9-5-16-33-22/h3-5,7-13,16H,2,6,15,17H2,1H3. The molecule has 0 aliphatic rings. The molecular weight excluding hydrogens is 440 g/mol. The summed E-state index contributed by atoms with van der Waals surface area (Å²) >= 11 is 1.28. The van der Waals surface area contributed by atoms with Gasteiger partial charge in [0.05, 0.1) is 29.5 Å². The van der Waals surface area contributed by atoms with Gasteiger partial charge in [-0.15, -0.1) is 11.3 Å². The van der Waals surface area contributed by atoms with E-state index in [0.717, 1.165) is 0 Å². The van der Waals surface area contributed by atoms with Crippen LogP contribution in [0, 0.1) is 11.3 Å². The normalized spacial score (nSPS) is 10.2. The maximum absolute atomic E-state index is 12.8. The lowest BCUT2D eigenvalue weighted by atomic mass is 10.0. The monoisotopic (exact) mass is 462 g/mol. The van der Waals surface area contributed by atoms with Crippen LogP contribution in [0.25, 0.3) is 0 Å². The predicted octanol–water partition coefficient (Wildman–Crippen LogP) is 4.48. The predicted molar refractivity (Wildman–Crippen MR) is 125 cm³/mol. The number of benzene rings is 2. The van der Waals surface area contributed by atoms with Gasteiger partial charge in [0.25, 0.3) is 5.91 Å². The zero-order chi connectivity index (χ0) is 23.6. The van der Waals surface area contributed by atoms with Crippen molar-refractivity contribution in [2.45, 2.75) is 13.3 Å². The first-order valence-corrected chi connectivity index (χ1v) is 11.2. The molecule has 0 saturated carbocycles. The van der Waals surface area contributed by atoms with Crippen molar-refractivity contribution in [3.05, 3.63) is 82.0 Å². The van der Waals surface area contributed by atoms with Crippen molar-refractivity contribution in [1.29, 1.82) is 5.26 Å². The third-order valence-corrected chi connectivity index (χ3v) is 5.54. The van der Waals surface area contributed by atoms with E-state index in [-0.39, 0.29) is 29.9 Å². The first-order valence-electron chi connectivity index (χ1n) is 10.3. The van der Waals surface area contributed by atoms with E-state index in [1.54, 1.807) is 60.0 Å². The summed E-state index contributed by atoms with van der Waals surface area (Å²) in [4.78, 5) is 40.2. The maximum Gasteiger partial charge on any atom is 0.339 e. The molecule has 0 atom stereocenters. The fourth-order valence-corrected chi connectivity index (χ4v) is 3.81. The third-order valence-electron chi connectivity index (χ3n) is 4.67. The fraction of sp³-hybridized carbons (Fsp3) is 0.200. The molecule has 0 fully saturated rings. The highest BCUT2D eigenvalue weighted by atomic mass is 32.1. The molecule has 8 heteroatoms. The Labute approximate surface area is 195 Å². The third kappa shape index (κ3) is 6.05. The molecule has 1 aromatic heterocycles. The van der Waals surface area contributed by atoms with E-state index in [4.69, 9.17) is 14.7 Å². The van der Waals surface area contributed by atoms with Crippen LogP contribution in [0.2, 0.25) is 0 Å². The number of rotatable bonds is 10. The van der Waals surface area contributed by atoms with Gasteiger partial charge in [0.15, 0.2) is 6.61 Å². The molecule has 0 saturated heterocycles. The summed E-state index contributed by atoms with van der Waals surface area (Å²) in [6.07, 6.45) is 0.116. The second kappa shape index (κ2) is 11.6. The largest absolute Gasteiger partial charge is 0.494 e. The minimum Gasteiger partial charge on any atom is -0.494 e. The van der Waals surface area contributed by atoms with Gasteiger partial charge in [0, 0.05) is 17.8 Å². The van der Waals surface area contributed by atoms with Gasteiger partial charge in [0.2, 0.25) is 5.78 Å². The molecule has 1 heterocycles. The number of amides is 1. The van der Waals surface area contributed by atoms with Crippen LogP contribution in [-0.2, 0) is 9.53 Å². The van der Waals surface area contributed by atoms with Gasteiger partial charge >= 0.3 is 5.97 Å². The Hall–Kier alpha value is -3.96. The SMILES string of the molecule is CCOc1ccc(N(CCC#N)C(=O)COC(=O)c2ccccc2C(=O)c2cccs2)cc1. The molecule has 2 aromatic carbocycles. The fourth-order valence-electron chi connectivity index (χ4n) is 3.13. The second-order valence-electron chi connectivity index (χ2n) is 6.81. The van der Waals surface area contributed by atoms with Gasteiger partial charge < -0.3 is 14.4 Å². The van der Waals surface area contributed by atoms with Crippen molar-refractivity contribution in [3.63, 3.8) is 0 Å². The number of ketones is 1. The Bertz CT molecular complexity index is 1150. The molecule has 0 radical (unpaired) electrons. The number of nitrogens with zero attached hydrogens (tertiary/aromatic N) is 2. The van der Waals surface area contributed by atoms with E-state index in [1.165, 1.54) is 22.3 Å². The number of carbonyl (C=O) groups is 3. The molecule has 0 unspecified atom stereocenters. The van der Waals surface area contributed by atoms with Crippen molar-refractivity contribution in [2.75, 3.05) is 24.7 Å². The number of esters is 1. The van der Waals surface area contributed by atoms with E-state index in [2.05, 4.69) is 0 Å². The van der Waals surface area contributed by atoms with Crippen LogP contribution >= 0.6 is 11.3 Å². The van der Waals surface area contributed by atoms with Crippen molar-refractivity contribution in [1.82, 2.24) is 0 Å². The van der Waals surface area contributed by atoms with Crippen LogP contribution in [0.15, 0.2) is 66.0 Å². The topological polar surface area (TPSA) is 96.7 Å². The smallest absolute Gasteiger partial charge is 0.339 e. The number of hydrogen-bond acceptors (Lipinski definition) is 7. The molecule has 0 spiro atoms. The molecule has 0 bridgehead atoms. The number of anilines is 1. The van der Waals surface area contributed by atoms with E-state index in [9.17, 15) is 14.4 Å². The van der Waals surface area contributed by atoms with E-state index >= 15 is 0 Å². The van der Waals surface area contributed by atoms with Crippen LogP contribution in [0.3, 0.4) is 0 Å². The molecule has 168 valence electrons. The van der Waals surface area contributed by atoms with Crippen molar-refractivity contribution in [3.8, 4) is 11.8 Å². The van der Waals surface area contributed by atoms with Gasteiger partial charge in [0.1, 0.15) is 5.75 Å². The lowest BCUT2D eigenvalue weighted by molar-refractivity contribution is -0.121. The number of carbonyl (C=O) groups excluding carboxylic acids is 3. The minimum absolute atomic E-state index is 0.0911. The van der Waals surface area contributed by atoms with Crippen LogP contribution in [0.1, 0.15) is 38.9 Å². The first-order chi connectivity index (χ1) is 16.0. The molecule has 1 amide bonds. The van der Waals surface area contributed by atoms with Gasteiger partial charge in [-0.1, -0.05) is 24.3 Å².